The van der Waals surface area contributed by atoms with Gasteiger partial charge in [-0.05, 0) is 24.2 Å². The zero-order chi connectivity index (χ0) is 23.9. The number of urea groups is 1. The number of carbonyl (C=O) groups excluding carboxylic acids is 2. The van der Waals surface area contributed by atoms with Crippen LogP contribution in [-0.4, -0.2) is 72.1 Å². The van der Waals surface area contributed by atoms with Gasteiger partial charge >= 0.3 is 6.03 Å². The van der Waals surface area contributed by atoms with Crippen molar-refractivity contribution in [3.05, 3.63) is 48.2 Å². The maximum Gasteiger partial charge on any atom is 0.325 e. The summed E-state index contributed by atoms with van der Waals surface area (Å²) in [5.41, 5.74) is 4.85. The van der Waals surface area contributed by atoms with Crippen LogP contribution in [0.3, 0.4) is 0 Å². The predicted octanol–water partition coefficient (Wildman–Crippen LogP) is 1.53. The smallest absolute Gasteiger partial charge is 0.325 e. The first-order chi connectivity index (χ1) is 14.8. The summed E-state index contributed by atoms with van der Waals surface area (Å²) < 4.78 is 12.2. The largest absolute Gasteiger partial charge is 0.407 e. The fraction of sp³-hybridized carbons (Fsp3) is 0.545. The molecule has 1 saturated heterocycles. The molecular weight excluding hydrogens is 430 g/mol. The number of carbonyl (C=O) groups is 2. The van der Waals surface area contributed by atoms with Crippen LogP contribution in [0.2, 0.25) is 18.1 Å². The number of nitrogens with two attached hydrogens (primary N) is 1. The van der Waals surface area contributed by atoms with Gasteiger partial charge < -0.3 is 24.7 Å². The van der Waals surface area contributed by atoms with Crippen LogP contribution >= 0.6 is 0 Å². The molecule has 1 unspecified atom stereocenters. The molecule has 176 valence electrons. The number of nitrogens with one attached hydrogen (secondary N) is 1. The Bertz CT molecular complexity index is 887. The molecule has 1 aromatic carbocycles. The van der Waals surface area contributed by atoms with Gasteiger partial charge in [0, 0.05) is 11.8 Å². The Morgan fingerprint density at radius 2 is 1.94 bits per heavy atom. The summed E-state index contributed by atoms with van der Waals surface area (Å²) >= 11 is 0. The molecule has 10 heteroatoms. The number of rotatable bonds is 6. The van der Waals surface area contributed by atoms with Crippen molar-refractivity contribution in [2.75, 3.05) is 6.61 Å². The summed E-state index contributed by atoms with van der Waals surface area (Å²) in [5, 5.41) is 22.8. The van der Waals surface area contributed by atoms with Crippen molar-refractivity contribution >= 4 is 20.1 Å². The molecule has 32 heavy (non-hydrogen) atoms. The summed E-state index contributed by atoms with van der Waals surface area (Å²) in [6.07, 6.45) is -1.15. The Kier molecular flexibility index (Phi) is 6.67. The average Bonchev–Trinajstić information content (AvgIpc) is 3.02. The first-order valence-electron chi connectivity index (χ1n) is 10.6. The Morgan fingerprint density at radius 1 is 1.31 bits per heavy atom. The third kappa shape index (κ3) is 4.52. The van der Waals surface area contributed by atoms with Crippen molar-refractivity contribution in [1.82, 2.24) is 10.2 Å². The highest BCUT2D eigenvalue weighted by Gasteiger charge is 2.53. The Morgan fingerprint density at radius 3 is 2.47 bits per heavy atom. The summed E-state index contributed by atoms with van der Waals surface area (Å²) in [5.74, 6) is -0.461. The van der Waals surface area contributed by atoms with E-state index in [2.05, 4.69) is 26.1 Å². The lowest BCUT2D eigenvalue weighted by atomic mass is 9.97. The highest BCUT2D eigenvalue weighted by molar-refractivity contribution is 6.74. The Hall–Kier alpha value is -2.08. The van der Waals surface area contributed by atoms with E-state index < -0.39 is 56.9 Å². The van der Waals surface area contributed by atoms with Gasteiger partial charge in [-0.2, -0.15) is 0 Å². The van der Waals surface area contributed by atoms with Crippen LogP contribution in [0.15, 0.2) is 42.6 Å². The number of aliphatic hydroxyl groups is 2. The topological polar surface area (TPSA) is 134 Å². The van der Waals surface area contributed by atoms with Crippen LogP contribution in [-0.2, 0) is 9.16 Å². The number of hydrogen-bond donors (Lipinski definition) is 4. The van der Waals surface area contributed by atoms with Gasteiger partial charge in [-0.25, -0.2) is 4.79 Å². The molecule has 0 radical (unpaired) electrons. The molecule has 0 bridgehead atoms. The van der Waals surface area contributed by atoms with Crippen molar-refractivity contribution < 1.29 is 29.0 Å². The first kappa shape index (κ1) is 24.6. The molecule has 2 amide bonds. The summed E-state index contributed by atoms with van der Waals surface area (Å²) in [7, 11) is -2.35. The Balaban J connectivity index is 1.87. The van der Waals surface area contributed by atoms with E-state index in [0.717, 1.165) is 0 Å². The lowest BCUT2D eigenvalue weighted by Crippen LogP contribution is -2.66. The minimum absolute atomic E-state index is 0.150. The lowest BCUT2D eigenvalue weighted by Gasteiger charge is -2.42. The number of benzene rings is 1. The zero-order valence-electron chi connectivity index (χ0n) is 19.1. The van der Waals surface area contributed by atoms with Crippen LogP contribution in [0.1, 0.15) is 31.1 Å². The fourth-order valence-corrected chi connectivity index (χ4v) is 4.74. The van der Waals surface area contributed by atoms with Gasteiger partial charge in [0.25, 0.3) is 0 Å². The van der Waals surface area contributed by atoms with E-state index in [4.69, 9.17) is 14.9 Å². The molecule has 0 aliphatic carbocycles. The van der Waals surface area contributed by atoms with Crippen molar-refractivity contribution in [2.45, 2.75) is 69.1 Å². The maximum atomic E-state index is 13.0. The van der Waals surface area contributed by atoms with Gasteiger partial charge in [-0.15, -0.1) is 0 Å². The van der Waals surface area contributed by atoms with Gasteiger partial charge in [0.15, 0.2) is 20.2 Å². The van der Waals surface area contributed by atoms with E-state index in [1.807, 2.05) is 13.1 Å². The van der Waals surface area contributed by atoms with Crippen LogP contribution in [0, 0.1) is 0 Å². The summed E-state index contributed by atoms with van der Waals surface area (Å²) in [4.78, 5) is 27.1. The van der Waals surface area contributed by atoms with E-state index >= 15 is 0 Å². The van der Waals surface area contributed by atoms with Gasteiger partial charge in [-0.3, -0.25) is 15.4 Å². The van der Waals surface area contributed by atoms with Crippen molar-refractivity contribution in [3.63, 3.8) is 0 Å². The molecule has 2 aliphatic heterocycles. The molecule has 9 nitrogen and oxygen atoms in total. The van der Waals surface area contributed by atoms with E-state index in [-0.39, 0.29) is 5.04 Å². The quantitative estimate of drug-likeness (QED) is 0.371. The second-order valence-corrected chi connectivity index (χ2v) is 14.6. The van der Waals surface area contributed by atoms with E-state index in [9.17, 15) is 19.8 Å². The van der Waals surface area contributed by atoms with E-state index in [1.165, 1.54) is 17.2 Å². The lowest BCUT2D eigenvalue weighted by molar-refractivity contribution is -0.0648. The third-order valence-corrected chi connectivity index (χ3v) is 10.9. The Labute approximate surface area is 189 Å². The highest BCUT2D eigenvalue weighted by Crippen LogP contribution is 2.40. The highest BCUT2D eigenvalue weighted by atomic mass is 28.4. The number of nitrogens with zero attached hydrogens (tertiary/aromatic N) is 1. The maximum absolute atomic E-state index is 13.0. The van der Waals surface area contributed by atoms with E-state index in [0.29, 0.717) is 5.56 Å². The number of hydrogen-bond acceptors (Lipinski definition) is 7. The normalized spacial score (nSPS) is 31.0. The molecule has 3 rings (SSSR count). The predicted molar refractivity (Wildman–Crippen MR) is 121 cm³/mol. The van der Waals surface area contributed by atoms with Crippen LogP contribution < -0.4 is 11.1 Å². The number of Topliss-reactive ketones (excluding diaryl/α,β-unsaturated/α-hetero) is 1. The van der Waals surface area contributed by atoms with Crippen molar-refractivity contribution in [2.24, 2.45) is 5.73 Å². The minimum Gasteiger partial charge on any atom is -0.407 e. The van der Waals surface area contributed by atoms with Crippen molar-refractivity contribution in [1.29, 1.82) is 0 Å². The summed E-state index contributed by atoms with van der Waals surface area (Å²) in [6, 6.07) is 7.77. The molecule has 0 aromatic heterocycles. The van der Waals surface area contributed by atoms with E-state index in [1.54, 1.807) is 30.3 Å². The zero-order valence-corrected chi connectivity index (χ0v) is 20.1. The third-order valence-electron chi connectivity index (χ3n) is 6.46. The minimum atomic E-state index is -2.35. The number of amides is 2. The molecule has 0 saturated carbocycles. The molecular formula is C22H33N3O6Si. The average molecular weight is 464 g/mol. The van der Waals surface area contributed by atoms with Gasteiger partial charge in [0.1, 0.15) is 18.3 Å². The fourth-order valence-electron chi connectivity index (χ4n) is 3.45. The molecule has 0 spiro atoms. The molecule has 1 aromatic rings. The standard InChI is InChI=1S/C22H33N3O6Si/c1-21(2,3)32(4,5)31-17-16(27)15(13-26)30-19(17)25-12-11-22(23,24-20(25)29)18(28)14-9-7-6-8-10-14/h6-12,15-17,19,26-27H,13,23H2,1-5H3,(H,24,29)/t15-,16-,17-,19-,22?/m1/s1. The van der Waals surface area contributed by atoms with Crippen LogP contribution in [0.25, 0.3) is 0 Å². The number of ether oxygens (including phenoxy) is 1. The van der Waals surface area contributed by atoms with Crippen molar-refractivity contribution in [3.8, 4) is 0 Å². The SMILES string of the molecule is CC(C)(C)[Si](C)(C)O[C@@H]1[C@H](O)[C@@H](CO)O[C@H]1N1C=CC(N)(C(=O)c2ccccc2)NC1=O. The second-order valence-electron chi connectivity index (χ2n) is 9.80. The summed E-state index contributed by atoms with van der Waals surface area (Å²) in [6.45, 7) is 9.81. The van der Waals surface area contributed by atoms with Gasteiger partial charge in [0.05, 0.1) is 6.61 Å². The monoisotopic (exact) mass is 463 g/mol. The molecule has 2 heterocycles. The molecule has 2 aliphatic rings. The molecule has 1 fully saturated rings. The van der Waals surface area contributed by atoms with Crippen LogP contribution in [0.5, 0.6) is 0 Å². The van der Waals surface area contributed by atoms with Gasteiger partial charge in [0.2, 0.25) is 5.78 Å². The number of ketones is 1. The number of aliphatic hydroxyl groups excluding tert-OH is 2. The first-order valence-corrected chi connectivity index (χ1v) is 13.5. The van der Waals surface area contributed by atoms with Crippen LogP contribution in [0.4, 0.5) is 4.79 Å². The molecule has 5 atom stereocenters. The molecule has 5 N–H and O–H groups in total. The van der Waals surface area contributed by atoms with Gasteiger partial charge in [-0.1, -0.05) is 51.1 Å². The second kappa shape index (κ2) is 8.69.